The summed E-state index contributed by atoms with van der Waals surface area (Å²) in [6.45, 7) is 6.15. The van der Waals surface area contributed by atoms with Gasteiger partial charge in [-0.05, 0) is 32.4 Å². The lowest BCUT2D eigenvalue weighted by Gasteiger charge is -2.09. The zero-order valence-electron chi connectivity index (χ0n) is 15.1. The number of sulfonamides is 1. The zero-order chi connectivity index (χ0) is 18.7. The molecule has 0 unspecified atom stereocenters. The van der Waals surface area contributed by atoms with E-state index in [0.717, 1.165) is 27.4 Å². The molecule has 0 aliphatic rings. The maximum atomic E-state index is 12.5. The molecule has 0 saturated heterocycles. The van der Waals surface area contributed by atoms with Crippen LogP contribution in [0.4, 0.5) is 0 Å². The number of thiazole rings is 1. The smallest absolute Gasteiger partial charge is 0.240 e. The van der Waals surface area contributed by atoms with Crippen molar-refractivity contribution < 1.29 is 8.42 Å². The summed E-state index contributed by atoms with van der Waals surface area (Å²) in [6.07, 6.45) is 0.562. The van der Waals surface area contributed by atoms with Gasteiger partial charge in [-0.2, -0.15) is 0 Å². The number of aryl methyl sites for hydroxylation is 3. The van der Waals surface area contributed by atoms with E-state index in [0.29, 0.717) is 17.9 Å². The van der Waals surface area contributed by atoms with Gasteiger partial charge in [0.2, 0.25) is 10.0 Å². The fraction of sp³-hybridized carbons (Fsp3) is 0.250. The largest absolute Gasteiger partial charge is 0.241 e. The third kappa shape index (κ3) is 4.38. The molecule has 0 fully saturated rings. The van der Waals surface area contributed by atoms with Crippen LogP contribution in [0, 0.1) is 20.8 Å². The Morgan fingerprint density at radius 2 is 1.69 bits per heavy atom. The SMILES string of the molecule is Cc1ccc(-c2nc(CCNS(=O)(=O)c3ccc(C)cc3C)cs2)cc1. The van der Waals surface area contributed by atoms with Crippen molar-refractivity contribution in [3.05, 3.63) is 70.2 Å². The Morgan fingerprint density at radius 3 is 2.38 bits per heavy atom. The molecule has 1 aromatic heterocycles. The van der Waals surface area contributed by atoms with Crippen molar-refractivity contribution in [2.24, 2.45) is 0 Å². The zero-order valence-corrected chi connectivity index (χ0v) is 16.7. The molecule has 0 saturated carbocycles. The highest BCUT2D eigenvalue weighted by Crippen LogP contribution is 2.24. The Morgan fingerprint density at radius 1 is 1.00 bits per heavy atom. The van der Waals surface area contributed by atoms with E-state index in [2.05, 4.69) is 40.9 Å². The minimum absolute atomic E-state index is 0.326. The van der Waals surface area contributed by atoms with E-state index in [9.17, 15) is 8.42 Å². The number of hydrogen-bond donors (Lipinski definition) is 1. The Labute approximate surface area is 159 Å². The maximum absolute atomic E-state index is 12.5. The van der Waals surface area contributed by atoms with Gasteiger partial charge < -0.3 is 0 Å². The fourth-order valence-electron chi connectivity index (χ4n) is 2.74. The predicted molar refractivity (Wildman–Crippen MR) is 107 cm³/mol. The van der Waals surface area contributed by atoms with Crippen LogP contribution in [0.3, 0.4) is 0 Å². The van der Waals surface area contributed by atoms with Gasteiger partial charge in [0.25, 0.3) is 0 Å². The second-order valence-electron chi connectivity index (χ2n) is 6.43. The average molecular weight is 387 g/mol. The summed E-state index contributed by atoms with van der Waals surface area (Å²) < 4.78 is 27.6. The summed E-state index contributed by atoms with van der Waals surface area (Å²) in [5.41, 5.74) is 5.00. The van der Waals surface area contributed by atoms with E-state index in [-0.39, 0.29) is 0 Å². The molecule has 0 aliphatic heterocycles. The number of hydrogen-bond acceptors (Lipinski definition) is 4. The highest BCUT2D eigenvalue weighted by molar-refractivity contribution is 7.89. The minimum Gasteiger partial charge on any atom is -0.241 e. The van der Waals surface area contributed by atoms with Crippen LogP contribution in [0.15, 0.2) is 52.7 Å². The molecule has 0 atom stereocenters. The molecule has 4 nitrogen and oxygen atoms in total. The van der Waals surface area contributed by atoms with Crippen molar-refractivity contribution in [3.8, 4) is 10.6 Å². The van der Waals surface area contributed by atoms with Crippen molar-refractivity contribution in [1.82, 2.24) is 9.71 Å². The lowest BCUT2D eigenvalue weighted by Crippen LogP contribution is -2.26. The molecular formula is C20H22N2O2S2. The number of aromatic nitrogens is 1. The first-order valence-corrected chi connectivity index (χ1v) is 10.8. The molecule has 26 heavy (non-hydrogen) atoms. The van der Waals surface area contributed by atoms with Gasteiger partial charge in [-0.15, -0.1) is 11.3 Å². The molecule has 1 N–H and O–H groups in total. The van der Waals surface area contributed by atoms with Gasteiger partial charge in [-0.3, -0.25) is 0 Å². The van der Waals surface area contributed by atoms with Gasteiger partial charge in [0.15, 0.2) is 0 Å². The van der Waals surface area contributed by atoms with E-state index in [4.69, 9.17) is 0 Å². The summed E-state index contributed by atoms with van der Waals surface area (Å²) in [6, 6.07) is 13.6. The molecule has 136 valence electrons. The second-order valence-corrected chi connectivity index (χ2v) is 9.02. The monoisotopic (exact) mass is 386 g/mol. The molecule has 2 aromatic carbocycles. The van der Waals surface area contributed by atoms with Crippen molar-refractivity contribution in [2.45, 2.75) is 32.1 Å². The van der Waals surface area contributed by atoms with E-state index >= 15 is 0 Å². The first-order valence-electron chi connectivity index (χ1n) is 8.43. The van der Waals surface area contributed by atoms with E-state index < -0.39 is 10.0 Å². The average Bonchev–Trinajstić information content (AvgIpc) is 3.04. The molecule has 3 rings (SSSR count). The van der Waals surface area contributed by atoms with Gasteiger partial charge in [-0.1, -0.05) is 47.5 Å². The van der Waals surface area contributed by atoms with Gasteiger partial charge in [0.1, 0.15) is 5.01 Å². The van der Waals surface area contributed by atoms with Gasteiger partial charge in [0, 0.05) is 23.9 Å². The summed E-state index contributed by atoms with van der Waals surface area (Å²) >= 11 is 1.58. The molecule has 0 amide bonds. The minimum atomic E-state index is -3.50. The van der Waals surface area contributed by atoms with Crippen molar-refractivity contribution >= 4 is 21.4 Å². The van der Waals surface area contributed by atoms with Crippen LogP contribution in [0.25, 0.3) is 10.6 Å². The Kier molecular flexibility index (Phi) is 5.55. The number of benzene rings is 2. The Balaban J connectivity index is 1.64. The van der Waals surface area contributed by atoms with Crippen LogP contribution in [-0.4, -0.2) is 19.9 Å². The van der Waals surface area contributed by atoms with Gasteiger partial charge >= 0.3 is 0 Å². The molecule has 0 aliphatic carbocycles. The number of nitrogens with one attached hydrogen (secondary N) is 1. The van der Waals surface area contributed by atoms with Crippen LogP contribution in [0.2, 0.25) is 0 Å². The van der Waals surface area contributed by atoms with E-state index in [1.807, 2.05) is 31.4 Å². The van der Waals surface area contributed by atoms with Crippen LogP contribution in [-0.2, 0) is 16.4 Å². The number of nitrogens with zero attached hydrogens (tertiary/aromatic N) is 1. The summed E-state index contributed by atoms with van der Waals surface area (Å²) in [4.78, 5) is 4.95. The first kappa shape index (κ1) is 18.8. The highest BCUT2D eigenvalue weighted by Gasteiger charge is 2.16. The topological polar surface area (TPSA) is 59.1 Å². The van der Waals surface area contributed by atoms with Crippen LogP contribution < -0.4 is 4.72 Å². The molecule has 0 bridgehead atoms. The Hall–Kier alpha value is -2.02. The van der Waals surface area contributed by atoms with Crippen LogP contribution in [0.1, 0.15) is 22.4 Å². The van der Waals surface area contributed by atoms with Gasteiger partial charge in [0.05, 0.1) is 10.6 Å². The third-order valence-electron chi connectivity index (χ3n) is 4.14. The lowest BCUT2D eigenvalue weighted by atomic mass is 10.2. The second kappa shape index (κ2) is 7.70. The van der Waals surface area contributed by atoms with E-state index in [1.165, 1.54) is 5.56 Å². The molecule has 6 heteroatoms. The standard InChI is InChI=1S/C20H22N2O2S2/c1-14-4-7-17(8-5-14)20-22-18(13-25-20)10-11-21-26(23,24)19-9-6-15(2)12-16(19)3/h4-9,12-13,21H,10-11H2,1-3H3. The number of rotatable bonds is 6. The normalized spacial score (nSPS) is 11.7. The van der Waals surface area contributed by atoms with Crippen molar-refractivity contribution in [1.29, 1.82) is 0 Å². The quantitative estimate of drug-likeness (QED) is 0.689. The van der Waals surface area contributed by atoms with Crippen molar-refractivity contribution in [3.63, 3.8) is 0 Å². The van der Waals surface area contributed by atoms with Gasteiger partial charge in [-0.25, -0.2) is 18.1 Å². The third-order valence-corrected chi connectivity index (χ3v) is 6.70. The molecule has 3 aromatic rings. The predicted octanol–water partition coefficient (Wildman–Crippen LogP) is 4.26. The lowest BCUT2D eigenvalue weighted by molar-refractivity contribution is 0.580. The summed E-state index contributed by atoms with van der Waals surface area (Å²) in [7, 11) is -3.50. The maximum Gasteiger partial charge on any atom is 0.240 e. The fourth-order valence-corrected chi connectivity index (χ4v) is 4.86. The van der Waals surface area contributed by atoms with Crippen LogP contribution >= 0.6 is 11.3 Å². The molecule has 1 heterocycles. The Bertz CT molecular complexity index is 1010. The summed E-state index contributed by atoms with van der Waals surface area (Å²) in [5, 5.41) is 2.94. The van der Waals surface area contributed by atoms with E-state index in [1.54, 1.807) is 17.4 Å². The molecule has 0 radical (unpaired) electrons. The molecule has 0 spiro atoms. The molecular weight excluding hydrogens is 364 g/mol. The van der Waals surface area contributed by atoms with Crippen molar-refractivity contribution in [2.75, 3.05) is 6.54 Å². The first-order chi connectivity index (χ1) is 12.3. The highest BCUT2D eigenvalue weighted by atomic mass is 32.2. The van der Waals surface area contributed by atoms with Crippen LogP contribution in [0.5, 0.6) is 0 Å². The summed E-state index contributed by atoms with van der Waals surface area (Å²) in [5.74, 6) is 0.